The van der Waals surface area contributed by atoms with Gasteiger partial charge in [-0.2, -0.15) is 0 Å². The third kappa shape index (κ3) is 7.63. The minimum Gasteiger partial charge on any atom is -0.489 e. The zero-order chi connectivity index (χ0) is 33.3. The molecule has 0 saturated heterocycles. The highest BCUT2D eigenvalue weighted by Crippen LogP contribution is 2.41. The lowest BCUT2D eigenvalue weighted by molar-refractivity contribution is 0.0519. The minimum absolute atomic E-state index is 0. The topological polar surface area (TPSA) is 86.5 Å². The number of ether oxygens (including phenoxy) is 2. The van der Waals surface area contributed by atoms with Gasteiger partial charge in [0.05, 0.1) is 6.61 Å². The van der Waals surface area contributed by atoms with Crippen molar-refractivity contribution in [1.29, 1.82) is 0 Å². The van der Waals surface area contributed by atoms with E-state index in [0.29, 0.717) is 35.4 Å². The number of aromatic nitrogens is 2. The van der Waals surface area contributed by atoms with Gasteiger partial charge in [0, 0.05) is 22.3 Å². The molecule has 0 bridgehead atoms. The number of nitrogens with one attached hydrogen (secondary N) is 1. The van der Waals surface area contributed by atoms with Crippen LogP contribution in [0.2, 0.25) is 5.02 Å². The minimum atomic E-state index is -0.354. The van der Waals surface area contributed by atoms with Gasteiger partial charge in [0.25, 0.3) is 0 Å². The second-order valence-electron chi connectivity index (χ2n) is 12.7. The molecule has 1 N–H and O–H groups in total. The molecule has 1 atom stereocenters. The summed E-state index contributed by atoms with van der Waals surface area (Å²) >= 11 is 6.10. The van der Waals surface area contributed by atoms with Crippen molar-refractivity contribution < 1.29 is 18.7 Å². The van der Waals surface area contributed by atoms with Crippen molar-refractivity contribution in [3.8, 4) is 28.3 Å². The normalized spacial score (nSPS) is 14.1. The molecule has 0 saturated carbocycles. The maximum atomic E-state index is 12.2. The number of fused-ring (bicyclic) bond motifs is 5. The van der Waals surface area contributed by atoms with Crippen LogP contribution >= 0.6 is 36.4 Å². The SMILES string of the molecule is CCOC(=O)c1ccc2c(n1)CCCC2NCCc1cccc2c1-c1ccc(OCc3ccc(-c4nc5cc(Cl)ccc5o4)cc3)cc1C2.Cl.Cl. The lowest BCUT2D eigenvalue weighted by Crippen LogP contribution is -2.28. The fourth-order valence-corrected chi connectivity index (χ4v) is 7.28. The number of oxazole rings is 1. The summed E-state index contributed by atoms with van der Waals surface area (Å²) in [7, 11) is 0. The first-order valence-electron chi connectivity index (χ1n) is 16.9. The average molecular weight is 743 g/mol. The Morgan fingerprint density at radius 2 is 1.82 bits per heavy atom. The molecule has 1 unspecified atom stereocenters. The summed E-state index contributed by atoms with van der Waals surface area (Å²) in [6.07, 6.45) is 4.82. The first-order chi connectivity index (χ1) is 24.0. The van der Waals surface area contributed by atoms with Crippen LogP contribution in [0.25, 0.3) is 33.7 Å². The summed E-state index contributed by atoms with van der Waals surface area (Å²) in [5.74, 6) is 1.08. The first kappa shape index (κ1) is 36.4. The van der Waals surface area contributed by atoms with Crippen molar-refractivity contribution in [2.75, 3.05) is 13.2 Å². The Balaban J connectivity index is 0.00000224. The summed E-state index contributed by atoms with van der Waals surface area (Å²) in [5.41, 5.74) is 12.7. The Bertz CT molecular complexity index is 2180. The largest absolute Gasteiger partial charge is 0.489 e. The molecule has 2 heterocycles. The molecule has 8 rings (SSSR count). The van der Waals surface area contributed by atoms with Crippen LogP contribution in [0.1, 0.15) is 69.8 Å². The zero-order valence-corrected chi connectivity index (χ0v) is 30.5. The number of benzene rings is 4. The lowest BCUT2D eigenvalue weighted by Gasteiger charge is -2.26. The molecular formula is C41H38Cl3N3O4. The highest BCUT2D eigenvalue weighted by atomic mass is 35.5. The molecule has 6 aromatic rings. The Morgan fingerprint density at radius 1 is 0.961 bits per heavy atom. The van der Waals surface area contributed by atoms with E-state index in [2.05, 4.69) is 51.7 Å². The standard InChI is InChI=1S/C41H36ClN3O4.2ClH/c1-2-47-41(46)36-17-16-33-34(7-4-8-35(33)44-36)43-20-19-26-5-3-6-28-21-29-22-31(14-15-32(29)39(26)28)48-24-25-9-11-27(12-10-25)40-45-37-23-30(42)13-18-38(37)49-40;;/h3,5-6,9-18,22-23,34,43H,2,4,7-8,19-21,24H2,1H3;2*1H. The van der Waals surface area contributed by atoms with Crippen LogP contribution in [-0.2, 0) is 30.6 Å². The van der Waals surface area contributed by atoms with Gasteiger partial charge in [-0.1, -0.05) is 54.1 Å². The number of hydrogen-bond acceptors (Lipinski definition) is 7. The molecule has 0 fully saturated rings. The van der Waals surface area contributed by atoms with Gasteiger partial charge in [-0.3, -0.25) is 0 Å². The van der Waals surface area contributed by atoms with Crippen LogP contribution in [0.15, 0.2) is 95.4 Å². The predicted molar refractivity (Wildman–Crippen MR) is 206 cm³/mol. The predicted octanol–water partition coefficient (Wildman–Crippen LogP) is 9.92. The summed E-state index contributed by atoms with van der Waals surface area (Å²) in [4.78, 5) is 21.4. The fourth-order valence-electron chi connectivity index (χ4n) is 7.11. The fraction of sp³-hybridized carbons (Fsp3) is 0.244. The van der Waals surface area contributed by atoms with E-state index in [1.807, 2.05) is 43.3 Å². The van der Waals surface area contributed by atoms with Crippen molar-refractivity contribution in [1.82, 2.24) is 15.3 Å². The summed E-state index contributed by atoms with van der Waals surface area (Å²) < 4.78 is 17.3. The number of carbonyl (C=O) groups is 1. The second-order valence-corrected chi connectivity index (χ2v) is 13.1. The number of aryl methyl sites for hydroxylation is 1. The van der Waals surface area contributed by atoms with E-state index in [9.17, 15) is 4.79 Å². The molecule has 2 aromatic heterocycles. The first-order valence-corrected chi connectivity index (χ1v) is 17.3. The molecule has 262 valence electrons. The van der Waals surface area contributed by atoms with Gasteiger partial charge in [-0.25, -0.2) is 14.8 Å². The van der Waals surface area contributed by atoms with Gasteiger partial charge in [-0.05, 0) is 133 Å². The average Bonchev–Trinajstić information content (AvgIpc) is 3.72. The highest BCUT2D eigenvalue weighted by Gasteiger charge is 2.24. The Kier molecular flexibility index (Phi) is 11.3. The van der Waals surface area contributed by atoms with E-state index in [1.54, 1.807) is 18.2 Å². The van der Waals surface area contributed by atoms with Crippen LogP contribution < -0.4 is 10.1 Å². The van der Waals surface area contributed by atoms with Gasteiger partial charge in [0.15, 0.2) is 5.58 Å². The number of carbonyl (C=O) groups excluding carboxylic acids is 1. The molecule has 2 aliphatic rings. The highest BCUT2D eigenvalue weighted by molar-refractivity contribution is 6.31. The monoisotopic (exact) mass is 741 g/mol. The zero-order valence-electron chi connectivity index (χ0n) is 28.1. The van der Waals surface area contributed by atoms with E-state index < -0.39 is 0 Å². The van der Waals surface area contributed by atoms with Crippen LogP contribution in [0, 0.1) is 0 Å². The Morgan fingerprint density at radius 3 is 2.67 bits per heavy atom. The van der Waals surface area contributed by atoms with Crippen LogP contribution in [-0.4, -0.2) is 29.1 Å². The quantitative estimate of drug-likeness (QED) is 0.140. The van der Waals surface area contributed by atoms with Crippen molar-refractivity contribution >= 4 is 53.5 Å². The van der Waals surface area contributed by atoms with E-state index >= 15 is 0 Å². The van der Waals surface area contributed by atoms with Gasteiger partial charge < -0.3 is 19.2 Å². The lowest BCUT2D eigenvalue weighted by atomic mass is 9.90. The van der Waals surface area contributed by atoms with Crippen molar-refractivity contribution in [2.24, 2.45) is 0 Å². The summed E-state index contributed by atoms with van der Waals surface area (Å²) in [6, 6.07) is 30.8. The van der Waals surface area contributed by atoms with Gasteiger partial charge in [-0.15, -0.1) is 24.8 Å². The number of esters is 1. The molecule has 51 heavy (non-hydrogen) atoms. The number of pyridine rings is 1. The molecule has 4 aromatic carbocycles. The third-order valence-corrected chi connectivity index (χ3v) is 9.72. The van der Waals surface area contributed by atoms with E-state index in [0.717, 1.165) is 66.7 Å². The third-order valence-electron chi connectivity index (χ3n) is 9.48. The number of hydrogen-bond donors (Lipinski definition) is 1. The van der Waals surface area contributed by atoms with Crippen LogP contribution in [0.4, 0.5) is 0 Å². The van der Waals surface area contributed by atoms with Crippen molar-refractivity contribution in [2.45, 2.75) is 51.7 Å². The smallest absolute Gasteiger partial charge is 0.356 e. The summed E-state index contributed by atoms with van der Waals surface area (Å²) in [5, 5.41) is 4.42. The van der Waals surface area contributed by atoms with Gasteiger partial charge in [0.1, 0.15) is 23.6 Å². The molecule has 10 heteroatoms. The van der Waals surface area contributed by atoms with Gasteiger partial charge >= 0.3 is 5.97 Å². The van der Waals surface area contributed by atoms with Crippen LogP contribution in [0.3, 0.4) is 0 Å². The number of halogens is 3. The molecule has 0 spiro atoms. The Hall–Kier alpha value is -4.40. The van der Waals surface area contributed by atoms with E-state index in [4.69, 9.17) is 25.5 Å². The Labute approximate surface area is 314 Å². The van der Waals surface area contributed by atoms with Crippen LogP contribution in [0.5, 0.6) is 5.75 Å². The molecule has 7 nitrogen and oxygen atoms in total. The molecule has 2 aliphatic carbocycles. The number of nitrogens with zero attached hydrogens (tertiary/aromatic N) is 2. The maximum absolute atomic E-state index is 12.2. The molecular weight excluding hydrogens is 705 g/mol. The van der Waals surface area contributed by atoms with Crippen molar-refractivity contribution in [3.05, 3.63) is 135 Å². The van der Waals surface area contributed by atoms with Crippen molar-refractivity contribution in [3.63, 3.8) is 0 Å². The second kappa shape index (κ2) is 15.9. The van der Waals surface area contributed by atoms with Gasteiger partial charge in [0.2, 0.25) is 5.89 Å². The van der Waals surface area contributed by atoms with E-state index in [-0.39, 0.29) is 36.8 Å². The molecule has 0 radical (unpaired) electrons. The number of rotatable bonds is 10. The molecule has 0 aliphatic heterocycles. The maximum Gasteiger partial charge on any atom is 0.356 e. The summed E-state index contributed by atoms with van der Waals surface area (Å²) in [6.45, 7) is 3.49. The molecule has 0 amide bonds. The van der Waals surface area contributed by atoms with E-state index in [1.165, 1.54) is 33.4 Å².